The van der Waals surface area contributed by atoms with E-state index >= 15 is 0 Å². The molecule has 1 rings (SSSR count). The lowest BCUT2D eigenvalue weighted by Gasteiger charge is -2.35. The van der Waals surface area contributed by atoms with Crippen LogP contribution < -0.4 is 0 Å². The Kier molecular flexibility index (Phi) is 4.02. The van der Waals surface area contributed by atoms with Gasteiger partial charge in [0.15, 0.2) is 0 Å². The van der Waals surface area contributed by atoms with E-state index < -0.39 is 0 Å². The van der Waals surface area contributed by atoms with Gasteiger partial charge in [-0.25, -0.2) is 0 Å². The van der Waals surface area contributed by atoms with Crippen molar-refractivity contribution in [1.29, 1.82) is 0 Å². The monoisotopic (exact) mass is 229 g/mol. The van der Waals surface area contributed by atoms with Gasteiger partial charge < -0.3 is 4.90 Å². The van der Waals surface area contributed by atoms with Gasteiger partial charge in [-0.3, -0.25) is 0 Å². The summed E-state index contributed by atoms with van der Waals surface area (Å²) in [6.45, 7) is 11.1. The second-order valence-corrected chi connectivity index (χ2v) is 6.61. The van der Waals surface area contributed by atoms with E-state index in [2.05, 4.69) is 38.7 Å². The minimum absolute atomic E-state index is 0.268. The minimum atomic E-state index is 0.268. The first kappa shape index (κ1) is 12.1. The molecule has 0 amide bonds. The van der Waals surface area contributed by atoms with E-state index in [9.17, 15) is 0 Å². The highest BCUT2D eigenvalue weighted by Gasteiger charge is 2.27. The molecule has 0 saturated heterocycles. The van der Waals surface area contributed by atoms with Crippen LogP contribution in [-0.4, -0.2) is 26.9 Å². The zero-order chi connectivity index (χ0) is 10.8. The number of allylic oxidation sites excluding steroid dienone is 1. The number of hydrogen-bond acceptors (Lipinski definition) is 3. The Morgan fingerprint density at radius 3 is 2.43 bits per heavy atom. The lowest BCUT2D eigenvalue weighted by atomic mass is 10.1. The van der Waals surface area contributed by atoms with Crippen LogP contribution in [0.4, 0.5) is 0 Å². The van der Waals surface area contributed by atoms with Crippen molar-refractivity contribution in [3.8, 4) is 0 Å². The predicted octanol–water partition coefficient (Wildman–Crippen LogP) is 3.46. The third-order valence-corrected chi connectivity index (χ3v) is 3.82. The Bertz CT molecular complexity index is 252. The third kappa shape index (κ3) is 2.99. The molecule has 1 aliphatic rings. The highest BCUT2D eigenvalue weighted by molar-refractivity contribution is 8.24. The Labute approximate surface area is 96.9 Å². The highest BCUT2D eigenvalue weighted by atomic mass is 32.2. The summed E-state index contributed by atoms with van der Waals surface area (Å²) in [5, 5.41) is 0. The topological polar surface area (TPSA) is 3.24 Å². The molecule has 0 aromatic carbocycles. The molecule has 3 heteroatoms. The quantitative estimate of drug-likeness (QED) is 0.682. The second kappa shape index (κ2) is 4.67. The first-order valence-corrected chi connectivity index (χ1v) is 6.39. The van der Waals surface area contributed by atoms with E-state index in [1.165, 1.54) is 5.70 Å². The van der Waals surface area contributed by atoms with E-state index in [1.807, 2.05) is 11.8 Å². The maximum atomic E-state index is 5.31. The number of nitrogens with zero attached hydrogens (tertiary/aromatic N) is 1. The van der Waals surface area contributed by atoms with Gasteiger partial charge in [0, 0.05) is 30.0 Å². The maximum absolute atomic E-state index is 5.31. The predicted molar refractivity (Wildman–Crippen MR) is 69.9 cm³/mol. The Balaban J connectivity index is 2.83. The summed E-state index contributed by atoms with van der Waals surface area (Å²) in [4.78, 5) is 2.40. The van der Waals surface area contributed by atoms with Crippen molar-refractivity contribution in [3.05, 3.63) is 11.8 Å². The summed E-state index contributed by atoms with van der Waals surface area (Å²) >= 11 is 7.12. The van der Waals surface area contributed by atoms with Gasteiger partial charge in [-0.15, -0.1) is 11.8 Å². The normalized spacial score (nSPS) is 20.6. The van der Waals surface area contributed by atoms with Gasteiger partial charge in [-0.1, -0.05) is 12.2 Å². The smallest absolute Gasteiger partial charge is 0.0728 e. The van der Waals surface area contributed by atoms with Crippen molar-refractivity contribution in [2.45, 2.75) is 38.9 Å². The van der Waals surface area contributed by atoms with Gasteiger partial charge in [0.25, 0.3) is 0 Å². The summed E-state index contributed by atoms with van der Waals surface area (Å²) in [6.07, 6.45) is 3.29. The maximum Gasteiger partial charge on any atom is 0.0728 e. The fraction of sp³-hybridized carbons (Fsp3) is 0.727. The van der Waals surface area contributed by atoms with Crippen molar-refractivity contribution in [1.82, 2.24) is 4.90 Å². The van der Waals surface area contributed by atoms with Crippen LogP contribution in [-0.2, 0) is 0 Å². The summed E-state index contributed by atoms with van der Waals surface area (Å²) in [5.74, 6) is 0. The lowest BCUT2D eigenvalue weighted by Crippen LogP contribution is -2.31. The molecule has 0 unspecified atom stereocenters. The summed E-state index contributed by atoms with van der Waals surface area (Å²) < 4.78 is 1.30. The lowest BCUT2D eigenvalue weighted by molar-refractivity contribution is 0.359. The SMILES string of the molecule is CCN(CC)C1=CC(=S)SC(C)(C)C1. The van der Waals surface area contributed by atoms with E-state index in [0.29, 0.717) is 0 Å². The minimum Gasteiger partial charge on any atom is -0.375 e. The molecular weight excluding hydrogens is 210 g/mol. The second-order valence-electron chi connectivity index (χ2n) is 4.17. The number of hydrogen-bond donors (Lipinski definition) is 0. The van der Waals surface area contributed by atoms with E-state index in [4.69, 9.17) is 12.2 Å². The number of thiocarbonyl (C=S) groups is 1. The van der Waals surface area contributed by atoms with E-state index in [0.717, 1.165) is 23.7 Å². The number of thioether (sulfide) groups is 1. The molecule has 80 valence electrons. The molecule has 0 bridgehead atoms. The molecule has 0 N–H and O–H groups in total. The Hall–Kier alpha value is -0.0200. The van der Waals surface area contributed by atoms with Crippen LogP contribution in [0.15, 0.2) is 11.8 Å². The highest BCUT2D eigenvalue weighted by Crippen LogP contribution is 2.38. The van der Waals surface area contributed by atoms with Crippen LogP contribution >= 0.6 is 24.0 Å². The van der Waals surface area contributed by atoms with Crippen LogP contribution in [0.2, 0.25) is 0 Å². The fourth-order valence-electron chi connectivity index (χ4n) is 1.79. The summed E-state index contributed by atoms with van der Waals surface area (Å²) in [5.41, 5.74) is 1.41. The van der Waals surface area contributed by atoms with Gasteiger partial charge >= 0.3 is 0 Å². The van der Waals surface area contributed by atoms with E-state index in [1.54, 1.807) is 0 Å². The number of rotatable bonds is 3. The molecule has 0 radical (unpaired) electrons. The van der Waals surface area contributed by atoms with Crippen LogP contribution in [0.25, 0.3) is 0 Å². The summed E-state index contributed by atoms with van der Waals surface area (Å²) in [7, 11) is 0. The van der Waals surface area contributed by atoms with Gasteiger partial charge in [0.05, 0.1) is 4.20 Å². The average Bonchev–Trinajstić information content (AvgIpc) is 2.02. The Morgan fingerprint density at radius 2 is 2.00 bits per heavy atom. The fourth-order valence-corrected chi connectivity index (χ4v) is 3.57. The van der Waals surface area contributed by atoms with Crippen molar-refractivity contribution >= 4 is 28.2 Å². The van der Waals surface area contributed by atoms with Crippen LogP contribution in [0.5, 0.6) is 0 Å². The molecule has 0 atom stereocenters. The molecule has 1 aliphatic heterocycles. The van der Waals surface area contributed by atoms with Gasteiger partial charge in [-0.05, 0) is 33.8 Å². The van der Waals surface area contributed by atoms with Crippen LogP contribution in [0.3, 0.4) is 0 Å². The molecule has 0 spiro atoms. The zero-order valence-corrected chi connectivity index (χ0v) is 11.1. The molecule has 0 aliphatic carbocycles. The van der Waals surface area contributed by atoms with Crippen molar-refractivity contribution in [3.63, 3.8) is 0 Å². The molecule has 1 nitrogen and oxygen atoms in total. The molecule has 14 heavy (non-hydrogen) atoms. The van der Waals surface area contributed by atoms with Gasteiger partial charge in [0.2, 0.25) is 0 Å². The first-order valence-electron chi connectivity index (χ1n) is 5.17. The third-order valence-electron chi connectivity index (χ3n) is 2.44. The summed E-state index contributed by atoms with van der Waals surface area (Å²) in [6, 6.07) is 0. The standard InChI is InChI=1S/C11H19NS2/c1-5-12(6-2)9-7-10(13)14-11(3,4)8-9/h7H,5-6,8H2,1-4H3. The zero-order valence-electron chi connectivity index (χ0n) is 9.46. The largest absolute Gasteiger partial charge is 0.375 e. The average molecular weight is 229 g/mol. The van der Waals surface area contributed by atoms with Crippen molar-refractivity contribution < 1.29 is 0 Å². The molecule has 0 aromatic heterocycles. The van der Waals surface area contributed by atoms with E-state index in [-0.39, 0.29) is 4.75 Å². The molecule has 0 fully saturated rings. The van der Waals surface area contributed by atoms with Crippen molar-refractivity contribution in [2.75, 3.05) is 13.1 Å². The van der Waals surface area contributed by atoms with Gasteiger partial charge in [-0.2, -0.15) is 0 Å². The molecular formula is C11H19NS2. The molecule has 0 aromatic rings. The molecule has 1 heterocycles. The van der Waals surface area contributed by atoms with Gasteiger partial charge in [0.1, 0.15) is 0 Å². The van der Waals surface area contributed by atoms with Crippen LogP contribution in [0, 0.1) is 0 Å². The first-order chi connectivity index (χ1) is 6.48. The van der Waals surface area contributed by atoms with Crippen molar-refractivity contribution in [2.24, 2.45) is 0 Å². The molecule has 0 saturated carbocycles. The van der Waals surface area contributed by atoms with Crippen LogP contribution in [0.1, 0.15) is 34.1 Å². The Morgan fingerprint density at radius 1 is 1.43 bits per heavy atom.